The summed E-state index contributed by atoms with van der Waals surface area (Å²) < 4.78 is 39.9. The van der Waals surface area contributed by atoms with Crippen molar-refractivity contribution in [2.45, 2.75) is 51.9 Å². The molecule has 0 saturated carbocycles. The molecule has 0 radical (unpaired) electrons. The number of aromatic nitrogens is 1. The minimum atomic E-state index is -4.37. The van der Waals surface area contributed by atoms with E-state index in [0.717, 1.165) is 66.9 Å². The Morgan fingerprint density at radius 2 is 1.94 bits per heavy atom. The van der Waals surface area contributed by atoms with Crippen molar-refractivity contribution < 1.29 is 23.1 Å². The normalized spacial score (nSPS) is 17.4. The van der Waals surface area contributed by atoms with Crippen molar-refractivity contribution in [3.05, 3.63) is 58.7 Å². The van der Waals surface area contributed by atoms with E-state index in [2.05, 4.69) is 27.8 Å². The molecule has 4 rings (SSSR count). The van der Waals surface area contributed by atoms with Crippen LogP contribution in [0.25, 0.3) is 10.2 Å². The van der Waals surface area contributed by atoms with Crippen LogP contribution in [0.2, 0.25) is 0 Å². The van der Waals surface area contributed by atoms with Crippen LogP contribution in [-0.4, -0.2) is 46.6 Å². The number of thiazole rings is 1. The first-order chi connectivity index (χ1) is 16.1. The summed E-state index contributed by atoms with van der Waals surface area (Å²) in [7, 11) is 0. The molecule has 1 aliphatic heterocycles. The third-order valence-corrected chi connectivity index (χ3v) is 7.15. The molecule has 182 valence electrons. The number of aryl methyl sites for hydroxylation is 1. The molecule has 0 bridgehead atoms. The Morgan fingerprint density at radius 1 is 1.18 bits per heavy atom. The minimum Gasteiger partial charge on any atom is -0.481 e. The Morgan fingerprint density at radius 3 is 2.65 bits per heavy atom. The summed E-state index contributed by atoms with van der Waals surface area (Å²) in [4.78, 5) is 20.4. The number of hydrogen-bond acceptors (Lipinski definition) is 5. The average molecular weight is 492 g/mol. The van der Waals surface area contributed by atoms with Crippen molar-refractivity contribution in [1.82, 2.24) is 9.88 Å². The van der Waals surface area contributed by atoms with Crippen LogP contribution in [0.4, 0.5) is 18.3 Å². The topological polar surface area (TPSA) is 56.7 Å². The Kier molecular flexibility index (Phi) is 7.14. The number of aliphatic carboxylic acids is 1. The number of carboxylic acids is 1. The fraction of sp³-hybridized carbons (Fsp3) is 0.440. The molecular formula is C25H28F3N3O2S. The van der Waals surface area contributed by atoms with Crippen LogP contribution in [0, 0.1) is 6.92 Å². The van der Waals surface area contributed by atoms with Gasteiger partial charge in [-0.05, 0) is 42.7 Å². The van der Waals surface area contributed by atoms with Crippen molar-refractivity contribution in [3.63, 3.8) is 0 Å². The Bertz CT molecular complexity index is 1180. The van der Waals surface area contributed by atoms with Gasteiger partial charge in [-0.2, -0.15) is 13.2 Å². The van der Waals surface area contributed by atoms with Crippen LogP contribution >= 0.6 is 11.3 Å². The highest BCUT2D eigenvalue weighted by atomic mass is 32.1. The molecular weight excluding hydrogens is 463 g/mol. The molecule has 9 heteroatoms. The summed E-state index contributed by atoms with van der Waals surface area (Å²) >= 11 is 1.32. The van der Waals surface area contributed by atoms with Gasteiger partial charge in [0.1, 0.15) is 0 Å². The number of alkyl halides is 3. The van der Waals surface area contributed by atoms with E-state index in [4.69, 9.17) is 5.11 Å². The Hall–Kier alpha value is -2.65. The second kappa shape index (κ2) is 9.92. The van der Waals surface area contributed by atoms with E-state index in [1.165, 1.54) is 23.5 Å². The summed E-state index contributed by atoms with van der Waals surface area (Å²) in [6.45, 7) is 7.20. The van der Waals surface area contributed by atoms with E-state index >= 15 is 0 Å². The molecule has 1 aromatic heterocycles. The largest absolute Gasteiger partial charge is 0.481 e. The molecule has 1 atom stereocenters. The van der Waals surface area contributed by atoms with Gasteiger partial charge >= 0.3 is 12.1 Å². The van der Waals surface area contributed by atoms with Gasteiger partial charge in [-0.15, -0.1) is 0 Å². The molecule has 2 aromatic carbocycles. The number of anilines is 1. The first kappa shape index (κ1) is 24.5. The number of halogens is 3. The molecule has 34 heavy (non-hydrogen) atoms. The monoisotopic (exact) mass is 491 g/mol. The van der Waals surface area contributed by atoms with Crippen LogP contribution in [0.1, 0.15) is 42.0 Å². The van der Waals surface area contributed by atoms with E-state index in [9.17, 15) is 18.0 Å². The highest BCUT2D eigenvalue weighted by Crippen LogP contribution is 2.36. The fourth-order valence-corrected chi connectivity index (χ4v) is 5.78. The van der Waals surface area contributed by atoms with Gasteiger partial charge in [0.05, 0.1) is 22.2 Å². The van der Waals surface area contributed by atoms with Gasteiger partial charge < -0.3 is 10.0 Å². The van der Waals surface area contributed by atoms with Crippen LogP contribution in [0.15, 0.2) is 36.4 Å². The van der Waals surface area contributed by atoms with Crippen LogP contribution < -0.4 is 4.90 Å². The zero-order valence-corrected chi connectivity index (χ0v) is 20.0. The standard InChI is InChI=1S/C25H28F3N3O2S/c1-3-4-20-15-30(14-18-10-16(2)9-17(11-18)12-23(32)33)7-8-31(20)24-29-21-6-5-19(25(26,27)28)13-22(21)34-24/h5-6,9-11,13,20H,3-4,7-8,12,14-15H2,1-2H3,(H,32,33)/t20-/m1/s1. The lowest BCUT2D eigenvalue weighted by Crippen LogP contribution is -2.52. The predicted molar refractivity (Wildman–Crippen MR) is 128 cm³/mol. The molecule has 1 aliphatic rings. The highest BCUT2D eigenvalue weighted by molar-refractivity contribution is 7.22. The SMILES string of the molecule is CCC[C@@H]1CN(Cc2cc(C)cc(CC(=O)O)c2)CCN1c1nc2ccc(C(F)(F)F)cc2s1. The maximum absolute atomic E-state index is 13.1. The van der Waals surface area contributed by atoms with E-state index in [0.29, 0.717) is 10.2 Å². The lowest BCUT2D eigenvalue weighted by Gasteiger charge is -2.41. The van der Waals surface area contributed by atoms with Crippen LogP contribution in [0.3, 0.4) is 0 Å². The van der Waals surface area contributed by atoms with Gasteiger partial charge in [-0.3, -0.25) is 9.69 Å². The molecule has 0 unspecified atom stereocenters. The molecule has 1 fully saturated rings. The number of hydrogen-bond donors (Lipinski definition) is 1. The number of piperazine rings is 1. The number of fused-ring (bicyclic) bond motifs is 1. The van der Waals surface area contributed by atoms with Crippen molar-refractivity contribution in [1.29, 1.82) is 0 Å². The summed E-state index contributed by atoms with van der Waals surface area (Å²) in [5.74, 6) is -0.841. The summed E-state index contributed by atoms with van der Waals surface area (Å²) in [5, 5.41) is 9.90. The molecule has 1 saturated heterocycles. The highest BCUT2D eigenvalue weighted by Gasteiger charge is 2.32. The molecule has 2 heterocycles. The Balaban J connectivity index is 1.51. The third-order valence-electron chi connectivity index (χ3n) is 6.10. The smallest absolute Gasteiger partial charge is 0.416 e. The quantitative estimate of drug-likeness (QED) is 0.457. The van der Waals surface area contributed by atoms with Crippen molar-refractivity contribution in [2.24, 2.45) is 0 Å². The summed E-state index contributed by atoms with van der Waals surface area (Å²) in [6, 6.07) is 9.92. The van der Waals surface area contributed by atoms with Gasteiger partial charge in [-0.1, -0.05) is 48.4 Å². The number of carboxylic acid groups (broad SMARTS) is 1. The number of benzene rings is 2. The molecule has 0 aliphatic carbocycles. The van der Waals surface area contributed by atoms with Crippen LogP contribution in [0.5, 0.6) is 0 Å². The summed E-state index contributed by atoms with van der Waals surface area (Å²) in [5.41, 5.74) is 2.89. The van der Waals surface area contributed by atoms with Crippen molar-refractivity contribution >= 4 is 32.7 Å². The van der Waals surface area contributed by atoms with Gasteiger partial charge in [-0.25, -0.2) is 4.98 Å². The van der Waals surface area contributed by atoms with Crippen molar-refractivity contribution in [3.8, 4) is 0 Å². The minimum absolute atomic E-state index is 0.00851. The van der Waals surface area contributed by atoms with Crippen molar-refractivity contribution in [2.75, 3.05) is 24.5 Å². The average Bonchev–Trinajstić information content (AvgIpc) is 3.16. The van der Waals surface area contributed by atoms with Gasteiger partial charge in [0.15, 0.2) is 5.13 Å². The second-order valence-corrected chi connectivity index (χ2v) is 9.95. The number of carbonyl (C=O) groups is 1. The molecule has 1 N–H and O–H groups in total. The molecule has 0 amide bonds. The van der Waals surface area contributed by atoms with Crippen LogP contribution in [-0.2, 0) is 23.9 Å². The van der Waals surface area contributed by atoms with E-state index < -0.39 is 17.7 Å². The maximum atomic E-state index is 13.1. The second-order valence-electron chi connectivity index (χ2n) is 8.95. The zero-order valence-electron chi connectivity index (χ0n) is 19.2. The lowest BCUT2D eigenvalue weighted by molar-refractivity contribution is -0.138. The zero-order chi connectivity index (χ0) is 24.5. The van der Waals surface area contributed by atoms with Gasteiger partial charge in [0, 0.05) is 32.2 Å². The van der Waals surface area contributed by atoms with E-state index in [-0.39, 0.29) is 12.5 Å². The predicted octanol–water partition coefficient (Wildman–Crippen LogP) is 5.74. The van der Waals surface area contributed by atoms with E-state index in [1.54, 1.807) is 0 Å². The van der Waals surface area contributed by atoms with E-state index in [1.807, 2.05) is 19.1 Å². The lowest BCUT2D eigenvalue weighted by atomic mass is 10.0. The first-order valence-corrected chi connectivity index (χ1v) is 12.2. The first-order valence-electron chi connectivity index (χ1n) is 11.4. The Labute approximate surface area is 200 Å². The molecule has 0 spiro atoms. The number of nitrogens with zero attached hydrogens (tertiary/aromatic N) is 3. The number of rotatable bonds is 7. The fourth-order valence-electron chi connectivity index (χ4n) is 4.68. The molecule has 3 aromatic rings. The van der Waals surface area contributed by atoms with Gasteiger partial charge in [0.25, 0.3) is 0 Å². The van der Waals surface area contributed by atoms with Gasteiger partial charge in [0.2, 0.25) is 0 Å². The molecule has 5 nitrogen and oxygen atoms in total. The summed E-state index contributed by atoms with van der Waals surface area (Å²) in [6.07, 6.45) is -2.41. The third kappa shape index (κ3) is 5.70. The maximum Gasteiger partial charge on any atom is 0.416 e.